The van der Waals surface area contributed by atoms with E-state index in [4.69, 9.17) is 32.7 Å². The average Bonchev–Trinajstić information content (AvgIpc) is 2.61. The molecule has 0 aliphatic heterocycles. The van der Waals surface area contributed by atoms with Crippen LogP contribution >= 0.6 is 23.2 Å². The van der Waals surface area contributed by atoms with Gasteiger partial charge in [0, 0.05) is 17.3 Å². The van der Waals surface area contributed by atoms with Gasteiger partial charge < -0.3 is 20.1 Å². The van der Waals surface area contributed by atoms with Gasteiger partial charge in [0.1, 0.15) is 12.4 Å². The Morgan fingerprint density at radius 2 is 1.84 bits per heavy atom. The number of ether oxygens (including phenoxy) is 2. The Morgan fingerprint density at radius 1 is 1.08 bits per heavy atom. The summed E-state index contributed by atoms with van der Waals surface area (Å²) in [5, 5.41) is 6.69. The highest BCUT2D eigenvalue weighted by atomic mass is 35.5. The van der Waals surface area contributed by atoms with Crippen LogP contribution in [0.2, 0.25) is 10.0 Å². The van der Waals surface area contributed by atoms with Gasteiger partial charge in [-0.15, -0.1) is 0 Å². The van der Waals surface area contributed by atoms with Crippen LogP contribution in [0.1, 0.15) is 6.92 Å². The van der Waals surface area contributed by atoms with Crippen LogP contribution in [0.15, 0.2) is 42.5 Å². The minimum Gasteiger partial charge on any atom is -0.491 e. The van der Waals surface area contributed by atoms with Gasteiger partial charge >= 0.3 is 0 Å². The quantitative estimate of drug-likeness (QED) is 0.628. The minimum atomic E-state index is -0.221. The minimum absolute atomic E-state index is 0.105. The lowest BCUT2D eigenvalue weighted by Crippen LogP contribution is -2.21. The highest BCUT2D eigenvalue weighted by molar-refractivity contribution is 6.35. The van der Waals surface area contributed by atoms with Crippen molar-refractivity contribution in [1.82, 2.24) is 0 Å². The van der Waals surface area contributed by atoms with E-state index >= 15 is 0 Å². The number of halogens is 2. The zero-order chi connectivity index (χ0) is 18.1. The van der Waals surface area contributed by atoms with Gasteiger partial charge in [-0.3, -0.25) is 4.79 Å². The van der Waals surface area contributed by atoms with E-state index in [2.05, 4.69) is 10.6 Å². The Hall–Kier alpha value is -1.95. The third-order valence-corrected chi connectivity index (χ3v) is 3.78. The third kappa shape index (κ3) is 6.82. The molecule has 2 aromatic rings. The van der Waals surface area contributed by atoms with Crippen LogP contribution in [0.3, 0.4) is 0 Å². The maximum atomic E-state index is 12.0. The van der Waals surface area contributed by atoms with E-state index in [1.54, 1.807) is 18.2 Å². The van der Waals surface area contributed by atoms with Crippen molar-refractivity contribution in [1.29, 1.82) is 0 Å². The molecule has 0 saturated carbocycles. The predicted molar refractivity (Wildman–Crippen MR) is 102 cm³/mol. The molecule has 0 unspecified atom stereocenters. The van der Waals surface area contributed by atoms with Crippen molar-refractivity contribution in [3.05, 3.63) is 52.5 Å². The first-order valence-corrected chi connectivity index (χ1v) is 8.63. The van der Waals surface area contributed by atoms with Crippen molar-refractivity contribution in [2.45, 2.75) is 6.92 Å². The zero-order valence-corrected chi connectivity index (χ0v) is 15.4. The van der Waals surface area contributed by atoms with E-state index in [0.29, 0.717) is 35.6 Å². The first-order valence-electron chi connectivity index (χ1n) is 7.88. The van der Waals surface area contributed by atoms with Gasteiger partial charge in [0.05, 0.1) is 23.9 Å². The predicted octanol–water partition coefficient (Wildman–Crippen LogP) is 4.46. The average molecular weight is 383 g/mol. The number of carbonyl (C=O) groups is 1. The molecule has 2 aromatic carbocycles. The van der Waals surface area contributed by atoms with Crippen LogP contribution in [0, 0.1) is 0 Å². The van der Waals surface area contributed by atoms with Crippen LogP contribution in [0.5, 0.6) is 5.75 Å². The molecule has 0 atom stereocenters. The van der Waals surface area contributed by atoms with E-state index in [1.807, 2.05) is 31.2 Å². The van der Waals surface area contributed by atoms with E-state index in [0.717, 1.165) is 11.4 Å². The fourth-order valence-electron chi connectivity index (χ4n) is 2.00. The Morgan fingerprint density at radius 3 is 2.56 bits per heavy atom. The van der Waals surface area contributed by atoms with Gasteiger partial charge in [-0.05, 0) is 49.4 Å². The first kappa shape index (κ1) is 19.4. The Kier molecular flexibility index (Phi) is 7.85. The highest BCUT2D eigenvalue weighted by Gasteiger charge is 2.06. The molecular formula is C18H20Cl2N2O3. The van der Waals surface area contributed by atoms with Gasteiger partial charge in [-0.25, -0.2) is 0 Å². The van der Waals surface area contributed by atoms with Crippen molar-refractivity contribution in [3.63, 3.8) is 0 Å². The summed E-state index contributed by atoms with van der Waals surface area (Å²) >= 11 is 11.9. The van der Waals surface area contributed by atoms with Gasteiger partial charge in [-0.1, -0.05) is 23.2 Å². The summed E-state index contributed by atoms with van der Waals surface area (Å²) < 4.78 is 10.7. The molecule has 2 rings (SSSR count). The second-order valence-electron chi connectivity index (χ2n) is 5.10. The zero-order valence-electron chi connectivity index (χ0n) is 13.9. The maximum absolute atomic E-state index is 12.0. The molecule has 5 nitrogen and oxygen atoms in total. The molecule has 0 bridgehead atoms. The Labute approximate surface area is 157 Å². The van der Waals surface area contributed by atoms with E-state index < -0.39 is 0 Å². The van der Waals surface area contributed by atoms with Crippen molar-refractivity contribution in [3.8, 4) is 5.75 Å². The van der Waals surface area contributed by atoms with Gasteiger partial charge in [0.15, 0.2) is 0 Å². The number of nitrogens with one attached hydrogen (secondary N) is 2. The second-order valence-corrected chi connectivity index (χ2v) is 5.94. The van der Waals surface area contributed by atoms with Crippen molar-refractivity contribution >= 4 is 40.5 Å². The van der Waals surface area contributed by atoms with Crippen molar-refractivity contribution in [2.75, 3.05) is 37.0 Å². The normalized spacial score (nSPS) is 10.4. The number of amides is 1. The molecule has 7 heteroatoms. The standard InChI is InChI=1S/C18H20Cl2N2O3/c1-2-24-9-10-25-15-6-4-14(5-7-15)21-12-18(23)22-17-11-13(19)3-8-16(17)20/h3-8,11,21H,2,9-10,12H2,1H3,(H,22,23). The van der Waals surface area contributed by atoms with Gasteiger partial charge in [-0.2, -0.15) is 0 Å². The molecule has 0 aromatic heterocycles. The summed E-state index contributed by atoms with van der Waals surface area (Å²) in [7, 11) is 0. The Balaban J connectivity index is 1.78. The fraction of sp³-hybridized carbons (Fsp3) is 0.278. The topological polar surface area (TPSA) is 59.6 Å². The largest absolute Gasteiger partial charge is 0.491 e. The molecule has 1 amide bonds. The molecule has 0 fully saturated rings. The maximum Gasteiger partial charge on any atom is 0.243 e. The van der Waals surface area contributed by atoms with Crippen LogP contribution in [0.25, 0.3) is 0 Å². The molecule has 0 aliphatic carbocycles. The van der Waals surface area contributed by atoms with Gasteiger partial charge in [0.2, 0.25) is 5.91 Å². The molecule has 0 radical (unpaired) electrons. The van der Waals surface area contributed by atoms with Crippen molar-refractivity contribution < 1.29 is 14.3 Å². The molecule has 0 heterocycles. The number of benzene rings is 2. The monoisotopic (exact) mass is 382 g/mol. The molecule has 134 valence electrons. The third-order valence-electron chi connectivity index (χ3n) is 3.21. The molecule has 25 heavy (non-hydrogen) atoms. The SMILES string of the molecule is CCOCCOc1ccc(NCC(=O)Nc2cc(Cl)ccc2Cl)cc1. The molecule has 0 aliphatic rings. The fourth-order valence-corrected chi connectivity index (χ4v) is 2.34. The lowest BCUT2D eigenvalue weighted by Gasteiger charge is -2.10. The highest BCUT2D eigenvalue weighted by Crippen LogP contribution is 2.25. The molecule has 2 N–H and O–H groups in total. The van der Waals surface area contributed by atoms with Crippen LogP contribution in [-0.4, -0.2) is 32.3 Å². The lowest BCUT2D eigenvalue weighted by molar-refractivity contribution is -0.114. The van der Waals surface area contributed by atoms with Crippen molar-refractivity contribution in [2.24, 2.45) is 0 Å². The molecule has 0 spiro atoms. The summed E-state index contributed by atoms with van der Waals surface area (Å²) in [5.41, 5.74) is 1.29. The molecular weight excluding hydrogens is 363 g/mol. The van der Waals surface area contributed by atoms with E-state index in [9.17, 15) is 4.79 Å². The Bertz CT molecular complexity index is 693. The number of carbonyl (C=O) groups excluding carboxylic acids is 1. The summed E-state index contributed by atoms with van der Waals surface area (Å²) in [5.74, 6) is 0.529. The number of hydrogen-bond donors (Lipinski definition) is 2. The number of hydrogen-bond acceptors (Lipinski definition) is 4. The summed E-state index contributed by atoms with van der Waals surface area (Å²) in [6.45, 7) is 3.78. The second kappa shape index (κ2) is 10.1. The summed E-state index contributed by atoms with van der Waals surface area (Å²) in [6.07, 6.45) is 0. The first-order chi connectivity index (χ1) is 12.1. The van der Waals surface area contributed by atoms with Crippen LogP contribution in [0.4, 0.5) is 11.4 Å². The smallest absolute Gasteiger partial charge is 0.243 e. The van der Waals surface area contributed by atoms with E-state index in [1.165, 1.54) is 0 Å². The van der Waals surface area contributed by atoms with Crippen LogP contribution in [-0.2, 0) is 9.53 Å². The summed E-state index contributed by atoms with van der Waals surface area (Å²) in [6, 6.07) is 12.3. The number of rotatable bonds is 9. The molecule has 0 saturated heterocycles. The summed E-state index contributed by atoms with van der Waals surface area (Å²) in [4.78, 5) is 12.0. The van der Waals surface area contributed by atoms with Gasteiger partial charge in [0.25, 0.3) is 0 Å². The van der Waals surface area contributed by atoms with E-state index in [-0.39, 0.29) is 12.5 Å². The number of anilines is 2. The van der Waals surface area contributed by atoms with Crippen LogP contribution < -0.4 is 15.4 Å². The lowest BCUT2D eigenvalue weighted by atomic mass is 10.3.